The van der Waals surface area contributed by atoms with E-state index in [-0.39, 0.29) is 5.76 Å². The summed E-state index contributed by atoms with van der Waals surface area (Å²) in [4.78, 5) is 18.6. The maximum absolute atomic E-state index is 11.1. The van der Waals surface area contributed by atoms with E-state index in [0.717, 1.165) is 6.20 Å². The van der Waals surface area contributed by atoms with Gasteiger partial charge in [0.25, 0.3) is 0 Å². The van der Waals surface area contributed by atoms with Crippen LogP contribution in [0.3, 0.4) is 0 Å². The molecule has 11 heavy (non-hydrogen) atoms. The fraction of sp³-hybridized carbons (Fsp3) is 0. The van der Waals surface area contributed by atoms with Gasteiger partial charge in [-0.3, -0.25) is 14.8 Å². The monoisotopic (exact) mass is 148 g/mol. The number of rotatable bonds is 0. The second kappa shape index (κ2) is 1.88. The second-order valence-corrected chi connectivity index (χ2v) is 2.18. The van der Waals surface area contributed by atoms with E-state index in [1.807, 2.05) is 0 Å². The van der Waals surface area contributed by atoms with E-state index < -0.39 is 5.78 Å². The summed E-state index contributed by atoms with van der Waals surface area (Å²) >= 11 is 0. The van der Waals surface area contributed by atoms with Gasteiger partial charge in [0, 0.05) is 6.20 Å². The van der Waals surface area contributed by atoms with Gasteiger partial charge in [0.05, 0.1) is 23.7 Å². The van der Waals surface area contributed by atoms with Crippen LogP contribution in [0.25, 0.3) is 0 Å². The molecule has 1 N–H and O–H groups in total. The second-order valence-electron chi connectivity index (χ2n) is 2.18. The van der Waals surface area contributed by atoms with Crippen LogP contribution in [-0.2, 0) is 4.79 Å². The molecular weight excluding hydrogens is 144 g/mol. The van der Waals surface area contributed by atoms with Crippen LogP contribution in [0.4, 0.5) is 0 Å². The minimum absolute atomic E-state index is 0.328. The fourth-order valence-corrected chi connectivity index (χ4v) is 0.923. The SMILES string of the molecule is O=C1C(O)=CN=C2C=NC=C12. The molecule has 2 heterocycles. The third kappa shape index (κ3) is 0.724. The number of hydrogen-bond acceptors (Lipinski definition) is 4. The molecule has 0 bridgehead atoms. The van der Waals surface area contributed by atoms with Crippen LogP contribution >= 0.6 is 0 Å². The molecule has 2 rings (SSSR count). The summed E-state index contributed by atoms with van der Waals surface area (Å²) in [6, 6.07) is 0. The van der Waals surface area contributed by atoms with Gasteiger partial charge in [0.2, 0.25) is 5.78 Å². The maximum atomic E-state index is 11.1. The molecule has 0 aromatic carbocycles. The molecule has 54 valence electrons. The van der Waals surface area contributed by atoms with Gasteiger partial charge < -0.3 is 5.11 Å². The average Bonchev–Trinajstić information content (AvgIpc) is 2.45. The number of aliphatic hydroxyl groups excluding tert-OH is 1. The molecule has 2 aliphatic heterocycles. The van der Waals surface area contributed by atoms with Crippen LogP contribution in [0, 0.1) is 0 Å². The Morgan fingerprint density at radius 3 is 3.00 bits per heavy atom. The lowest BCUT2D eigenvalue weighted by Gasteiger charge is -2.04. The summed E-state index contributed by atoms with van der Waals surface area (Å²) in [5.74, 6) is -0.738. The highest BCUT2D eigenvalue weighted by atomic mass is 16.3. The van der Waals surface area contributed by atoms with Crippen LogP contribution in [0.15, 0.2) is 33.7 Å². The summed E-state index contributed by atoms with van der Waals surface area (Å²) in [5, 5.41) is 8.93. The first-order valence-electron chi connectivity index (χ1n) is 3.04. The van der Waals surface area contributed by atoms with Gasteiger partial charge in [-0.05, 0) is 0 Å². The quantitative estimate of drug-likeness (QED) is 0.539. The van der Waals surface area contributed by atoms with E-state index in [1.165, 1.54) is 12.4 Å². The third-order valence-corrected chi connectivity index (χ3v) is 1.48. The summed E-state index contributed by atoms with van der Waals surface area (Å²) in [5.41, 5.74) is 0.887. The highest BCUT2D eigenvalue weighted by molar-refractivity contribution is 6.49. The van der Waals surface area contributed by atoms with Crippen molar-refractivity contribution in [1.82, 2.24) is 0 Å². The standard InChI is InChI=1S/C7H4N2O2/c10-6-3-9-5-2-8-1-4(5)7(6)11/h1-3,10H. The van der Waals surface area contributed by atoms with Crippen LogP contribution in [0.2, 0.25) is 0 Å². The van der Waals surface area contributed by atoms with E-state index in [0.29, 0.717) is 11.3 Å². The molecule has 0 unspecified atom stereocenters. The topological polar surface area (TPSA) is 62.0 Å². The molecule has 4 nitrogen and oxygen atoms in total. The van der Waals surface area contributed by atoms with Crippen molar-refractivity contribution in [1.29, 1.82) is 0 Å². The van der Waals surface area contributed by atoms with Crippen LogP contribution in [-0.4, -0.2) is 22.8 Å². The first-order valence-corrected chi connectivity index (χ1v) is 3.04. The van der Waals surface area contributed by atoms with Gasteiger partial charge in [0.1, 0.15) is 0 Å². The molecule has 0 amide bonds. The van der Waals surface area contributed by atoms with Gasteiger partial charge in [0.15, 0.2) is 5.76 Å². The number of ketones is 1. The van der Waals surface area contributed by atoms with Crippen molar-refractivity contribution in [2.24, 2.45) is 9.98 Å². The number of nitrogens with zero attached hydrogens (tertiary/aromatic N) is 2. The first-order chi connectivity index (χ1) is 5.29. The Balaban J connectivity index is 2.54. The van der Waals surface area contributed by atoms with Crippen molar-refractivity contribution in [3.8, 4) is 0 Å². The molecule has 0 saturated carbocycles. The largest absolute Gasteiger partial charge is 0.503 e. The average molecular weight is 148 g/mol. The lowest BCUT2D eigenvalue weighted by atomic mass is 10.1. The van der Waals surface area contributed by atoms with E-state index in [1.54, 1.807) is 0 Å². The molecular formula is C7H4N2O2. The summed E-state index contributed by atoms with van der Waals surface area (Å²) < 4.78 is 0. The Bertz CT molecular complexity index is 347. The fourth-order valence-electron chi connectivity index (χ4n) is 0.923. The maximum Gasteiger partial charge on any atom is 0.232 e. The van der Waals surface area contributed by atoms with Crippen molar-refractivity contribution in [3.05, 3.63) is 23.7 Å². The summed E-state index contributed by atoms with van der Waals surface area (Å²) in [6.45, 7) is 0. The van der Waals surface area contributed by atoms with Crippen molar-refractivity contribution in [3.63, 3.8) is 0 Å². The van der Waals surface area contributed by atoms with Gasteiger partial charge in [-0.2, -0.15) is 0 Å². The van der Waals surface area contributed by atoms with Crippen LogP contribution in [0.5, 0.6) is 0 Å². The van der Waals surface area contributed by atoms with E-state index in [4.69, 9.17) is 5.11 Å². The molecule has 0 saturated heterocycles. The van der Waals surface area contributed by atoms with Gasteiger partial charge in [-0.15, -0.1) is 0 Å². The molecule has 0 spiro atoms. The van der Waals surface area contributed by atoms with Crippen molar-refractivity contribution < 1.29 is 9.90 Å². The van der Waals surface area contributed by atoms with Gasteiger partial charge in [-0.1, -0.05) is 0 Å². The Morgan fingerprint density at radius 1 is 1.36 bits per heavy atom. The van der Waals surface area contributed by atoms with Crippen LogP contribution < -0.4 is 0 Å². The number of aliphatic hydroxyl groups is 1. The number of fused-ring (bicyclic) bond motifs is 1. The molecule has 0 aromatic heterocycles. The highest BCUT2D eigenvalue weighted by Gasteiger charge is 2.24. The zero-order chi connectivity index (χ0) is 7.84. The number of allylic oxidation sites excluding steroid dienone is 1. The minimum atomic E-state index is -0.410. The zero-order valence-corrected chi connectivity index (χ0v) is 5.48. The van der Waals surface area contributed by atoms with Crippen molar-refractivity contribution in [2.75, 3.05) is 0 Å². The molecule has 4 heteroatoms. The van der Waals surface area contributed by atoms with E-state index in [9.17, 15) is 4.79 Å². The minimum Gasteiger partial charge on any atom is -0.503 e. The van der Waals surface area contributed by atoms with E-state index >= 15 is 0 Å². The molecule has 0 radical (unpaired) electrons. The lowest BCUT2D eigenvalue weighted by Crippen LogP contribution is -2.16. The van der Waals surface area contributed by atoms with Crippen LogP contribution in [0.1, 0.15) is 0 Å². The van der Waals surface area contributed by atoms with E-state index in [2.05, 4.69) is 9.98 Å². The Hall–Kier alpha value is -1.71. The summed E-state index contributed by atoms with van der Waals surface area (Å²) in [6.07, 6.45) is 4.01. The smallest absolute Gasteiger partial charge is 0.232 e. The van der Waals surface area contributed by atoms with Crippen molar-refractivity contribution >= 4 is 17.7 Å². The first kappa shape index (κ1) is 6.03. The molecule has 0 fully saturated rings. The number of carbonyl (C=O) groups is 1. The molecule has 0 aromatic rings. The number of carbonyl (C=O) groups excluding carboxylic acids is 1. The number of aliphatic imine (C=N–C) groups is 2. The van der Waals surface area contributed by atoms with Crippen molar-refractivity contribution in [2.45, 2.75) is 0 Å². The molecule has 0 atom stereocenters. The zero-order valence-electron chi connectivity index (χ0n) is 5.48. The number of Topliss-reactive ketones (excluding diaryl/α,β-unsaturated/α-hetero) is 1. The summed E-state index contributed by atoms with van der Waals surface area (Å²) in [7, 11) is 0. The third-order valence-electron chi connectivity index (χ3n) is 1.48. The Morgan fingerprint density at radius 2 is 2.18 bits per heavy atom. The predicted octanol–water partition coefficient (Wildman–Crippen LogP) is 0.378. The Labute approximate surface area is 62.3 Å². The van der Waals surface area contributed by atoms with Gasteiger partial charge >= 0.3 is 0 Å². The number of hydrogen-bond donors (Lipinski definition) is 1. The Kier molecular flexibility index (Phi) is 1.03. The normalized spacial score (nSPS) is 20.7. The lowest BCUT2D eigenvalue weighted by molar-refractivity contribution is -0.114. The predicted molar refractivity (Wildman–Crippen MR) is 39.7 cm³/mol. The molecule has 2 aliphatic rings. The van der Waals surface area contributed by atoms with Gasteiger partial charge in [-0.25, -0.2) is 0 Å². The molecule has 0 aliphatic carbocycles. The highest BCUT2D eigenvalue weighted by Crippen LogP contribution is 2.14.